The first-order chi connectivity index (χ1) is 16.6. The molecule has 35 heavy (non-hydrogen) atoms. The maximum absolute atomic E-state index is 12.2. The van der Waals surface area contributed by atoms with E-state index in [9.17, 15) is 28.2 Å². The van der Waals surface area contributed by atoms with Crippen LogP contribution in [-0.2, 0) is 21.1 Å². The predicted molar refractivity (Wildman–Crippen MR) is 128 cm³/mol. The van der Waals surface area contributed by atoms with Crippen molar-refractivity contribution in [2.75, 3.05) is 13.4 Å². The minimum atomic E-state index is -3.39. The van der Waals surface area contributed by atoms with Crippen molar-refractivity contribution >= 4 is 32.7 Å². The Kier molecular flexibility index (Phi) is 6.23. The van der Waals surface area contributed by atoms with Crippen molar-refractivity contribution in [1.82, 2.24) is 4.98 Å². The minimum absolute atomic E-state index is 0.0596. The molecule has 1 heterocycles. The molecule has 4 rings (SSSR count). The zero-order valence-electron chi connectivity index (χ0n) is 18.7. The van der Waals surface area contributed by atoms with E-state index in [1.807, 2.05) is 0 Å². The van der Waals surface area contributed by atoms with Gasteiger partial charge in [0.1, 0.15) is 17.2 Å². The summed E-state index contributed by atoms with van der Waals surface area (Å²) < 4.78 is 34.8. The second-order valence-electron chi connectivity index (χ2n) is 7.79. The van der Waals surface area contributed by atoms with Crippen molar-refractivity contribution in [3.05, 3.63) is 71.9 Å². The number of aromatic carboxylic acids is 1. The van der Waals surface area contributed by atoms with E-state index in [2.05, 4.69) is 4.98 Å². The summed E-state index contributed by atoms with van der Waals surface area (Å²) in [6, 6.07) is 16.0. The summed E-state index contributed by atoms with van der Waals surface area (Å²) in [6.45, 7) is 0. The quantitative estimate of drug-likeness (QED) is 0.327. The van der Waals surface area contributed by atoms with Gasteiger partial charge in [0.15, 0.2) is 9.84 Å². The van der Waals surface area contributed by atoms with Crippen molar-refractivity contribution in [3.8, 4) is 28.4 Å². The van der Waals surface area contributed by atoms with Crippen molar-refractivity contribution < 1.29 is 37.7 Å². The third kappa shape index (κ3) is 4.82. The largest absolute Gasteiger partial charge is 0.497 e. The van der Waals surface area contributed by atoms with Crippen LogP contribution in [0.5, 0.6) is 17.2 Å². The number of hydrogen-bond acceptors (Lipinski definition) is 6. The highest BCUT2D eigenvalue weighted by molar-refractivity contribution is 7.90. The molecule has 0 saturated carbocycles. The summed E-state index contributed by atoms with van der Waals surface area (Å²) in [5.74, 6) is -1.22. The number of hydrogen-bond donors (Lipinski definition) is 3. The van der Waals surface area contributed by atoms with Crippen molar-refractivity contribution in [1.29, 1.82) is 0 Å². The number of aromatic amines is 1. The fourth-order valence-corrected chi connectivity index (χ4v) is 4.48. The van der Waals surface area contributed by atoms with Gasteiger partial charge in [-0.15, -0.1) is 0 Å². The first-order valence-electron chi connectivity index (χ1n) is 10.3. The zero-order chi connectivity index (χ0) is 25.3. The molecule has 0 aliphatic heterocycles. The van der Waals surface area contributed by atoms with E-state index >= 15 is 0 Å². The molecule has 1 aromatic heterocycles. The molecule has 0 bridgehead atoms. The van der Waals surface area contributed by atoms with Gasteiger partial charge in [-0.2, -0.15) is 0 Å². The molecule has 0 unspecified atom stereocenters. The number of ether oxygens (including phenoxy) is 2. The van der Waals surface area contributed by atoms with E-state index in [1.54, 1.807) is 36.4 Å². The normalized spacial score (nSPS) is 11.4. The number of benzene rings is 3. The van der Waals surface area contributed by atoms with E-state index in [0.717, 1.165) is 6.26 Å². The third-order valence-electron chi connectivity index (χ3n) is 5.40. The molecular formula is C25H21NO8S. The van der Waals surface area contributed by atoms with Crippen LogP contribution in [0.15, 0.2) is 65.6 Å². The Morgan fingerprint density at radius 2 is 1.54 bits per heavy atom. The second kappa shape index (κ2) is 9.15. The zero-order valence-corrected chi connectivity index (χ0v) is 19.5. The van der Waals surface area contributed by atoms with Crippen LogP contribution in [0, 0.1) is 0 Å². The summed E-state index contributed by atoms with van der Waals surface area (Å²) in [4.78, 5) is 26.6. The minimum Gasteiger partial charge on any atom is -0.497 e. The number of carbonyl (C=O) groups is 2. The lowest BCUT2D eigenvalue weighted by Gasteiger charge is -2.14. The molecule has 3 N–H and O–H groups in total. The first-order valence-corrected chi connectivity index (χ1v) is 12.2. The Morgan fingerprint density at radius 1 is 0.914 bits per heavy atom. The van der Waals surface area contributed by atoms with Gasteiger partial charge in [0.2, 0.25) is 0 Å². The maximum atomic E-state index is 12.2. The van der Waals surface area contributed by atoms with Crippen molar-refractivity contribution in [2.45, 2.75) is 11.3 Å². The lowest BCUT2D eigenvalue weighted by atomic mass is 9.96. The van der Waals surface area contributed by atoms with Gasteiger partial charge in [-0.25, -0.2) is 13.2 Å². The van der Waals surface area contributed by atoms with Gasteiger partial charge >= 0.3 is 11.9 Å². The number of aromatic nitrogens is 1. The molecule has 0 amide bonds. The maximum Gasteiger partial charge on any atom is 0.338 e. The lowest BCUT2D eigenvalue weighted by Crippen LogP contribution is -2.07. The van der Waals surface area contributed by atoms with E-state index in [0.29, 0.717) is 39.3 Å². The van der Waals surface area contributed by atoms with Crippen LogP contribution >= 0.6 is 0 Å². The highest BCUT2D eigenvalue weighted by Gasteiger charge is 2.25. The molecule has 4 aromatic rings. The summed E-state index contributed by atoms with van der Waals surface area (Å²) in [6.07, 6.45) is 0.605. The summed E-state index contributed by atoms with van der Waals surface area (Å²) >= 11 is 0. The second-order valence-corrected chi connectivity index (χ2v) is 9.81. The summed E-state index contributed by atoms with van der Waals surface area (Å²) in [5, 5.41) is 19.5. The standard InChI is InChI=1S/C25H21NO8S/c1-33-15-5-3-14(4-6-15)22-20(34-16-7-9-17(10-8-16)35(2,31)32)12-11-18-23(22)24(25(29)30)19(26-18)13-21(27)28/h3-12,26H,13H2,1-2H3,(H,27,28)(H,29,30). The van der Waals surface area contributed by atoms with Gasteiger partial charge in [0.05, 0.1) is 24.0 Å². The van der Waals surface area contributed by atoms with Gasteiger partial charge < -0.3 is 24.7 Å². The summed E-state index contributed by atoms with van der Waals surface area (Å²) in [5.41, 5.74) is 1.38. The molecule has 10 heteroatoms. The van der Waals surface area contributed by atoms with E-state index in [-0.39, 0.29) is 16.2 Å². The Balaban J connectivity index is 1.95. The van der Waals surface area contributed by atoms with Crippen molar-refractivity contribution in [2.24, 2.45) is 0 Å². The number of nitrogens with one attached hydrogen (secondary N) is 1. The van der Waals surface area contributed by atoms with Crippen LogP contribution < -0.4 is 9.47 Å². The molecule has 0 aliphatic carbocycles. The van der Waals surface area contributed by atoms with Crippen LogP contribution in [-0.4, -0.2) is 48.9 Å². The van der Waals surface area contributed by atoms with E-state index in [1.165, 1.54) is 31.4 Å². The molecule has 0 atom stereocenters. The number of carboxylic acids is 2. The number of sulfone groups is 1. The molecule has 0 fully saturated rings. The number of rotatable bonds is 8. The Labute approximate surface area is 200 Å². The highest BCUT2D eigenvalue weighted by atomic mass is 32.2. The predicted octanol–water partition coefficient (Wildman–Crippen LogP) is 4.36. The molecular weight excluding hydrogens is 474 g/mol. The Bertz CT molecular complexity index is 1540. The number of H-pyrrole nitrogens is 1. The van der Waals surface area contributed by atoms with Crippen LogP contribution in [0.2, 0.25) is 0 Å². The van der Waals surface area contributed by atoms with Gasteiger partial charge in [-0.1, -0.05) is 12.1 Å². The van der Waals surface area contributed by atoms with Crippen molar-refractivity contribution in [3.63, 3.8) is 0 Å². The van der Waals surface area contributed by atoms with Gasteiger partial charge in [-0.05, 0) is 54.1 Å². The van der Waals surface area contributed by atoms with Crippen LogP contribution in [0.4, 0.5) is 0 Å². The monoisotopic (exact) mass is 495 g/mol. The number of fused-ring (bicyclic) bond motifs is 1. The molecule has 0 spiro atoms. The van der Waals surface area contributed by atoms with Crippen LogP contribution in [0.3, 0.4) is 0 Å². The average molecular weight is 496 g/mol. The first kappa shape index (κ1) is 23.8. The van der Waals surface area contributed by atoms with E-state index in [4.69, 9.17) is 9.47 Å². The van der Waals surface area contributed by atoms with Gasteiger partial charge in [0.25, 0.3) is 0 Å². The number of carboxylic acid groups (broad SMARTS) is 2. The fraction of sp³-hybridized carbons (Fsp3) is 0.120. The molecule has 0 radical (unpaired) electrons. The smallest absolute Gasteiger partial charge is 0.338 e. The fourth-order valence-electron chi connectivity index (χ4n) is 3.85. The van der Waals surface area contributed by atoms with Gasteiger partial charge in [-0.3, -0.25) is 4.79 Å². The highest BCUT2D eigenvalue weighted by Crippen LogP contribution is 2.42. The lowest BCUT2D eigenvalue weighted by molar-refractivity contribution is -0.136. The molecule has 180 valence electrons. The van der Waals surface area contributed by atoms with Crippen LogP contribution in [0.25, 0.3) is 22.0 Å². The Hall–Kier alpha value is -4.31. The van der Waals surface area contributed by atoms with Crippen LogP contribution in [0.1, 0.15) is 16.1 Å². The molecule has 3 aromatic carbocycles. The number of aliphatic carboxylic acids is 1. The van der Waals surface area contributed by atoms with E-state index < -0.39 is 28.2 Å². The molecule has 0 aliphatic rings. The Morgan fingerprint density at radius 3 is 2.09 bits per heavy atom. The number of methoxy groups -OCH3 is 1. The summed E-state index contributed by atoms with van der Waals surface area (Å²) in [7, 11) is -1.86. The molecule has 9 nitrogen and oxygen atoms in total. The van der Waals surface area contributed by atoms with Gasteiger partial charge in [0, 0.05) is 28.4 Å². The third-order valence-corrected chi connectivity index (χ3v) is 6.53. The average Bonchev–Trinajstić information content (AvgIpc) is 3.16. The topological polar surface area (TPSA) is 143 Å². The molecule has 0 saturated heterocycles. The SMILES string of the molecule is COc1ccc(-c2c(Oc3ccc(S(C)(=O)=O)cc3)ccc3[nH]c(CC(=O)O)c(C(=O)O)c23)cc1.